The fraction of sp³-hybridized carbons (Fsp3) is 0.458. The van der Waals surface area contributed by atoms with E-state index in [9.17, 15) is 14.4 Å². The maximum absolute atomic E-state index is 13.6. The quantitative estimate of drug-likeness (QED) is 0.479. The summed E-state index contributed by atoms with van der Waals surface area (Å²) < 4.78 is 6.73. The van der Waals surface area contributed by atoms with Crippen molar-refractivity contribution in [2.75, 3.05) is 13.7 Å². The predicted molar refractivity (Wildman–Crippen MR) is 117 cm³/mol. The molecule has 0 bridgehead atoms. The summed E-state index contributed by atoms with van der Waals surface area (Å²) in [6, 6.07) is 8.32. The summed E-state index contributed by atoms with van der Waals surface area (Å²) in [5, 5.41) is 0. The van der Waals surface area contributed by atoms with E-state index in [0.29, 0.717) is 41.2 Å². The zero-order chi connectivity index (χ0) is 22.6. The average molecular weight is 413 g/mol. The summed E-state index contributed by atoms with van der Waals surface area (Å²) in [4.78, 5) is 40.7. The van der Waals surface area contributed by atoms with Gasteiger partial charge in [-0.1, -0.05) is 32.0 Å². The maximum atomic E-state index is 13.6. The fourth-order valence-corrected chi connectivity index (χ4v) is 3.92. The number of hydrogen-bond acceptors (Lipinski definition) is 4. The molecule has 0 aliphatic heterocycles. The zero-order valence-electron chi connectivity index (χ0n) is 19.0. The highest BCUT2D eigenvalue weighted by atomic mass is 16.5. The van der Waals surface area contributed by atoms with Crippen molar-refractivity contribution in [3.8, 4) is 0 Å². The fourth-order valence-electron chi connectivity index (χ4n) is 3.92. The van der Waals surface area contributed by atoms with Crippen molar-refractivity contribution < 1.29 is 19.1 Å². The van der Waals surface area contributed by atoms with Crippen molar-refractivity contribution in [3.63, 3.8) is 0 Å². The first-order valence-corrected chi connectivity index (χ1v) is 10.3. The molecule has 1 unspecified atom stereocenters. The third-order valence-electron chi connectivity index (χ3n) is 5.40. The Morgan fingerprint density at radius 3 is 2.17 bits per heavy atom. The predicted octanol–water partition coefficient (Wildman–Crippen LogP) is 4.28. The number of ketones is 1. The van der Waals surface area contributed by atoms with Crippen molar-refractivity contribution in [1.82, 2.24) is 9.47 Å². The van der Waals surface area contributed by atoms with E-state index in [2.05, 4.69) is 0 Å². The monoisotopic (exact) mass is 412 g/mol. The Balaban J connectivity index is 2.50. The smallest absolute Gasteiger partial charge is 0.354 e. The molecule has 1 amide bonds. The van der Waals surface area contributed by atoms with Gasteiger partial charge >= 0.3 is 5.97 Å². The minimum Gasteiger partial charge on any atom is -0.464 e. The average Bonchev–Trinajstić information content (AvgIpc) is 2.99. The lowest BCUT2D eigenvalue weighted by Gasteiger charge is -2.30. The molecule has 0 N–H and O–H groups in total. The normalized spacial score (nSPS) is 12.0. The summed E-state index contributed by atoms with van der Waals surface area (Å²) in [7, 11) is 1.33. The van der Waals surface area contributed by atoms with E-state index in [1.807, 2.05) is 45.9 Å². The SMILES string of the molecule is CCn1c(C)c(C(=O)C(C)N(CC(C)C)C(=O)c2ccccc2)c(C)c1C(=O)OC. The maximum Gasteiger partial charge on any atom is 0.354 e. The first kappa shape index (κ1) is 23.4. The Bertz CT molecular complexity index is 928. The Hall–Kier alpha value is -2.89. The number of esters is 1. The van der Waals surface area contributed by atoms with Gasteiger partial charge in [-0.05, 0) is 51.3 Å². The molecular formula is C24H32N2O4. The highest BCUT2D eigenvalue weighted by Gasteiger charge is 2.33. The first-order valence-electron chi connectivity index (χ1n) is 10.3. The van der Waals surface area contributed by atoms with E-state index in [1.54, 1.807) is 35.4 Å². The minimum atomic E-state index is -0.671. The number of aromatic nitrogens is 1. The molecule has 1 aromatic heterocycles. The molecule has 1 heterocycles. The standard InChI is InChI=1S/C24H32N2O4/c1-8-25-17(5)20(16(4)21(25)24(29)30-7)22(27)18(6)26(14-15(2)3)23(28)19-12-10-9-11-13-19/h9-13,15,18H,8,14H2,1-7H3. The van der Waals surface area contributed by atoms with Crippen LogP contribution in [0.5, 0.6) is 0 Å². The number of rotatable bonds is 8. The van der Waals surface area contributed by atoms with Crippen molar-refractivity contribution in [3.05, 3.63) is 58.4 Å². The van der Waals surface area contributed by atoms with Crippen LogP contribution in [0.2, 0.25) is 0 Å². The van der Waals surface area contributed by atoms with Crippen molar-refractivity contribution in [2.24, 2.45) is 5.92 Å². The van der Waals surface area contributed by atoms with Gasteiger partial charge in [-0.25, -0.2) is 4.79 Å². The lowest BCUT2D eigenvalue weighted by molar-refractivity contribution is 0.0586. The zero-order valence-corrected chi connectivity index (χ0v) is 19.0. The van der Waals surface area contributed by atoms with Crippen LogP contribution in [0.15, 0.2) is 30.3 Å². The number of Topliss-reactive ketones (excluding diaryl/α,β-unsaturated/α-hetero) is 1. The molecule has 0 aliphatic carbocycles. The third-order valence-corrected chi connectivity index (χ3v) is 5.40. The van der Waals surface area contributed by atoms with Gasteiger partial charge in [0.25, 0.3) is 5.91 Å². The van der Waals surface area contributed by atoms with Gasteiger partial charge in [-0.2, -0.15) is 0 Å². The van der Waals surface area contributed by atoms with Crippen LogP contribution in [-0.2, 0) is 11.3 Å². The molecule has 30 heavy (non-hydrogen) atoms. The van der Waals surface area contributed by atoms with Crippen LogP contribution >= 0.6 is 0 Å². The number of methoxy groups -OCH3 is 1. The number of nitrogens with zero attached hydrogens (tertiary/aromatic N) is 2. The number of carbonyl (C=O) groups is 3. The Morgan fingerprint density at radius 2 is 1.67 bits per heavy atom. The molecule has 6 nitrogen and oxygen atoms in total. The number of carbonyl (C=O) groups excluding carboxylic acids is 3. The molecule has 162 valence electrons. The van der Waals surface area contributed by atoms with E-state index in [0.717, 1.165) is 0 Å². The largest absolute Gasteiger partial charge is 0.464 e. The van der Waals surface area contributed by atoms with E-state index >= 15 is 0 Å². The van der Waals surface area contributed by atoms with E-state index < -0.39 is 12.0 Å². The molecule has 2 aromatic rings. The third kappa shape index (κ3) is 4.48. The molecule has 0 fully saturated rings. The van der Waals surface area contributed by atoms with Crippen LogP contribution in [0.3, 0.4) is 0 Å². The Morgan fingerprint density at radius 1 is 1.07 bits per heavy atom. The molecule has 6 heteroatoms. The molecule has 0 radical (unpaired) electrons. The van der Waals surface area contributed by atoms with Crippen LogP contribution in [0.1, 0.15) is 70.2 Å². The molecule has 2 rings (SSSR count). The number of benzene rings is 1. The summed E-state index contributed by atoms with van der Waals surface area (Å²) in [5.41, 5.74) is 2.73. The van der Waals surface area contributed by atoms with E-state index in [1.165, 1.54) is 7.11 Å². The summed E-state index contributed by atoms with van der Waals surface area (Å²) in [6.07, 6.45) is 0. The van der Waals surface area contributed by atoms with Gasteiger partial charge in [-0.3, -0.25) is 9.59 Å². The highest BCUT2D eigenvalue weighted by Crippen LogP contribution is 2.26. The van der Waals surface area contributed by atoms with Crippen LogP contribution in [0.25, 0.3) is 0 Å². The van der Waals surface area contributed by atoms with Crippen LogP contribution < -0.4 is 0 Å². The van der Waals surface area contributed by atoms with Crippen LogP contribution in [0, 0.1) is 19.8 Å². The lowest BCUT2D eigenvalue weighted by atomic mass is 9.98. The van der Waals surface area contributed by atoms with Gasteiger partial charge < -0.3 is 14.2 Å². The van der Waals surface area contributed by atoms with Crippen LogP contribution in [0.4, 0.5) is 0 Å². The van der Waals surface area contributed by atoms with Gasteiger partial charge in [0.2, 0.25) is 0 Å². The number of amides is 1. The molecule has 0 aliphatic rings. The highest BCUT2D eigenvalue weighted by molar-refractivity contribution is 6.07. The Kier molecular flexibility index (Phi) is 7.59. The van der Waals surface area contributed by atoms with Gasteiger partial charge in [0.1, 0.15) is 5.69 Å². The van der Waals surface area contributed by atoms with Crippen molar-refractivity contribution in [1.29, 1.82) is 0 Å². The summed E-state index contributed by atoms with van der Waals surface area (Å²) in [6.45, 7) is 12.3. The second kappa shape index (κ2) is 9.74. The van der Waals surface area contributed by atoms with Gasteiger partial charge in [0, 0.05) is 29.9 Å². The number of ether oxygens (including phenoxy) is 1. The van der Waals surface area contributed by atoms with Gasteiger partial charge in [-0.15, -0.1) is 0 Å². The molecule has 1 aromatic carbocycles. The molecule has 0 saturated heterocycles. The Labute approximate surface area is 178 Å². The number of hydrogen-bond donors (Lipinski definition) is 0. The second-order valence-electron chi connectivity index (χ2n) is 7.93. The van der Waals surface area contributed by atoms with Crippen molar-refractivity contribution >= 4 is 17.7 Å². The molecular weight excluding hydrogens is 380 g/mol. The van der Waals surface area contributed by atoms with Crippen LogP contribution in [-0.4, -0.2) is 46.8 Å². The first-order chi connectivity index (χ1) is 14.1. The molecule has 1 atom stereocenters. The lowest BCUT2D eigenvalue weighted by Crippen LogP contribution is -2.45. The van der Waals surface area contributed by atoms with E-state index in [-0.39, 0.29) is 17.6 Å². The van der Waals surface area contributed by atoms with Crippen molar-refractivity contribution in [2.45, 2.75) is 54.1 Å². The van der Waals surface area contributed by atoms with Gasteiger partial charge in [0.05, 0.1) is 13.2 Å². The topological polar surface area (TPSA) is 68.6 Å². The summed E-state index contributed by atoms with van der Waals surface area (Å²) >= 11 is 0. The molecule has 0 saturated carbocycles. The second-order valence-corrected chi connectivity index (χ2v) is 7.93. The van der Waals surface area contributed by atoms with Gasteiger partial charge in [0.15, 0.2) is 5.78 Å². The minimum absolute atomic E-state index is 0.174. The van der Waals surface area contributed by atoms with E-state index in [4.69, 9.17) is 4.74 Å². The molecule has 0 spiro atoms. The summed E-state index contributed by atoms with van der Waals surface area (Å²) in [5.74, 6) is -0.625.